The van der Waals surface area contributed by atoms with E-state index in [1.54, 1.807) is 12.1 Å². The van der Waals surface area contributed by atoms with E-state index in [2.05, 4.69) is 6.07 Å². The number of rotatable bonds is 4. The first-order valence-electron chi connectivity index (χ1n) is 6.56. The molecule has 0 saturated heterocycles. The minimum absolute atomic E-state index is 0.240. The van der Waals surface area contributed by atoms with Crippen molar-refractivity contribution < 1.29 is 4.79 Å². The van der Waals surface area contributed by atoms with E-state index in [0.29, 0.717) is 17.1 Å². The monoisotopic (exact) mass is 284 g/mol. The van der Waals surface area contributed by atoms with Crippen LogP contribution in [0, 0.1) is 17.2 Å². The first-order valence-corrected chi connectivity index (χ1v) is 6.93. The van der Waals surface area contributed by atoms with Gasteiger partial charge in [0.15, 0.2) is 5.78 Å². The Balaban J connectivity index is 1.78. The van der Waals surface area contributed by atoms with Crippen LogP contribution in [0.1, 0.15) is 34.3 Å². The highest BCUT2D eigenvalue weighted by molar-refractivity contribution is 6.31. The highest BCUT2D eigenvalue weighted by Gasteiger charge is 2.30. The van der Waals surface area contributed by atoms with Crippen molar-refractivity contribution in [2.75, 3.05) is 0 Å². The van der Waals surface area contributed by atoms with E-state index in [1.807, 2.05) is 29.1 Å². The maximum atomic E-state index is 11.9. The van der Waals surface area contributed by atoms with Crippen molar-refractivity contribution in [1.29, 1.82) is 5.26 Å². The van der Waals surface area contributed by atoms with Gasteiger partial charge in [-0.15, -0.1) is 0 Å². The van der Waals surface area contributed by atoms with Crippen LogP contribution in [-0.2, 0) is 6.54 Å². The molecule has 1 saturated carbocycles. The normalized spacial score (nSPS) is 14.0. The van der Waals surface area contributed by atoms with E-state index in [0.717, 1.165) is 24.0 Å². The van der Waals surface area contributed by atoms with Crippen LogP contribution in [0.2, 0.25) is 5.02 Å². The Kier molecular flexibility index (Phi) is 3.33. The van der Waals surface area contributed by atoms with Gasteiger partial charge >= 0.3 is 0 Å². The summed E-state index contributed by atoms with van der Waals surface area (Å²) in [6.45, 7) is 0.600. The average molecular weight is 285 g/mol. The van der Waals surface area contributed by atoms with Crippen molar-refractivity contribution in [2.45, 2.75) is 19.4 Å². The zero-order chi connectivity index (χ0) is 14.1. The smallest absolute Gasteiger partial charge is 0.167 e. The van der Waals surface area contributed by atoms with E-state index in [-0.39, 0.29) is 11.7 Å². The van der Waals surface area contributed by atoms with Gasteiger partial charge in [-0.25, -0.2) is 0 Å². The minimum Gasteiger partial charge on any atom is -0.349 e. The molecule has 100 valence electrons. The number of carbonyl (C=O) groups is 1. The van der Waals surface area contributed by atoms with Gasteiger partial charge in [0.25, 0.3) is 0 Å². The summed E-state index contributed by atoms with van der Waals surface area (Å²) < 4.78 is 1.95. The van der Waals surface area contributed by atoms with E-state index < -0.39 is 0 Å². The predicted octanol–water partition coefficient (Wildman–Crippen LogP) is 3.65. The fourth-order valence-corrected chi connectivity index (χ4v) is 2.45. The molecule has 1 aromatic carbocycles. The topological polar surface area (TPSA) is 45.8 Å². The van der Waals surface area contributed by atoms with Crippen molar-refractivity contribution in [3.05, 3.63) is 58.4 Å². The summed E-state index contributed by atoms with van der Waals surface area (Å²) in [5.41, 5.74) is 2.26. The molecule has 1 aliphatic carbocycles. The number of hydrogen-bond acceptors (Lipinski definition) is 2. The number of ketones is 1. The molecular formula is C16H13ClN2O. The van der Waals surface area contributed by atoms with Gasteiger partial charge in [0.05, 0.1) is 11.6 Å². The van der Waals surface area contributed by atoms with Crippen LogP contribution < -0.4 is 0 Å². The summed E-state index contributed by atoms with van der Waals surface area (Å²) in [6.07, 6.45) is 5.80. The SMILES string of the molecule is N#Cc1ccc(Cn2ccc(C(=O)C3CC3)c2)c(Cl)c1. The fraction of sp³-hybridized carbons (Fsp3) is 0.250. The summed E-state index contributed by atoms with van der Waals surface area (Å²) in [5.74, 6) is 0.485. The molecule has 1 aliphatic rings. The Morgan fingerprint density at radius 3 is 2.85 bits per heavy atom. The molecule has 1 heterocycles. The van der Waals surface area contributed by atoms with Gasteiger partial charge in [-0.2, -0.15) is 5.26 Å². The number of aromatic nitrogens is 1. The molecular weight excluding hydrogens is 272 g/mol. The third kappa shape index (κ3) is 2.61. The second-order valence-electron chi connectivity index (χ2n) is 5.13. The second kappa shape index (κ2) is 5.15. The van der Waals surface area contributed by atoms with Crippen LogP contribution in [0.15, 0.2) is 36.7 Å². The van der Waals surface area contributed by atoms with E-state index >= 15 is 0 Å². The molecule has 0 radical (unpaired) electrons. The molecule has 0 bridgehead atoms. The Hall–Kier alpha value is -2.05. The number of halogens is 1. The molecule has 20 heavy (non-hydrogen) atoms. The number of benzene rings is 1. The van der Waals surface area contributed by atoms with Crippen LogP contribution in [0.4, 0.5) is 0 Å². The Bertz CT molecular complexity index is 708. The average Bonchev–Trinajstić information content (AvgIpc) is 3.20. The van der Waals surface area contributed by atoms with Crippen LogP contribution in [0.3, 0.4) is 0 Å². The molecule has 0 aliphatic heterocycles. The lowest BCUT2D eigenvalue weighted by Crippen LogP contribution is -2.01. The quantitative estimate of drug-likeness (QED) is 0.805. The van der Waals surface area contributed by atoms with E-state index in [4.69, 9.17) is 16.9 Å². The largest absolute Gasteiger partial charge is 0.349 e. The molecule has 1 fully saturated rings. The fourth-order valence-electron chi connectivity index (χ4n) is 2.21. The number of nitriles is 1. The van der Waals surface area contributed by atoms with Crippen LogP contribution in [0.5, 0.6) is 0 Å². The highest BCUT2D eigenvalue weighted by Crippen LogP contribution is 2.32. The molecule has 2 aromatic rings. The predicted molar refractivity (Wildman–Crippen MR) is 76.8 cm³/mol. The lowest BCUT2D eigenvalue weighted by Gasteiger charge is -2.06. The molecule has 1 aromatic heterocycles. The van der Waals surface area contributed by atoms with Gasteiger partial charge in [-0.3, -0.25) is 4.79 Å². The molecule has 0 spiro atoms. The summed E-state index contributed by atoms with van der Waals surface area (Å²) in [6, 6.07) is 9.19. The van der Waals surface area contributed by atoms with Gasteiger partial charge in [-0.1, -0.05) is 17.7 Å². The maximum absolute atomic E-state index is 11.9. The molecule has 3 nitrogen and oxygen atoms in total. The van der Waals surface area contributed by atoms with Gasteiger partial charge < -0.3 is 4.57 Å². The van der Waals surface area contributed by atoms with Crippen molar-refractivity contribution in [3.8, 4) is 6.07 Å². The summed E-state index contributed by atoms with van der Waals surface area (Å²) in [7, 11) is 0. The molecule has 0 atom stereocenters. The number of Topliss-reactive ketones (excluding diaryl/α,β-unsaturated/α-hetero) is 1. The lowest BCUT2D eigenvalue weighted by atomic mass is 10.1. The van der Waals surface area contributed by atoms with Crippen molar-refractivity contribution in [2.24, 2.45) is 5.92 Å². The zero-order valence-corrected chi connectivity index (χ0v) is 11.6. The third-order valence-electron chi connectivity index (χ3n) is 3.52. The lowest BCUT2D eigenvalue weighted by molar-refractivity contribution is 0.0967. The Morgan fingerprint density at radius 1 is 1.40 bits per heavy atom. The second-order valence-corrected chi connectivity index (χ2v) is 5.54. The Morgan fingerprint density at radius 2 is 2.20 bits per heavy atom. The van der Waals surface area contributed by atoms with Gasteiger partial charge in [0.1, 0.15) is 0 Å². The first kappa shape index (κ1) is 13.0. The molecule has 0 unspecified atom stereocenters. The van der Waals surface area contributed by atoms with Gasteiger partial charge in [0.2, 0.25) is 0 Å². The number of hydrogen-bond donors (Lipinski definition) is 0. The van der Waals surface area contributed by atoms with E-state index in [9.17, 15) is 4.79 Å². The van der Waals surface area contributed by atoms with Crippen molar-refractivity contribution >= 4 is 17.4 Å². The summed E-state index contributed by atoms with van der Waals surface area (Å²) in [5, 5.41) is 9.39. The molecule has 3 rings (SSSR count). The Labute approximate surface area is 122 Å². The van der Waals surface area contributed by atoms with Crippen LogP contribution in [0.25, 0.3) is 0 Å². The van der Waals surface area contributed by atoms with Crippen LogP contribution >= 0.6 is 11.6 Å². The standard InChI is InChI=1S/C16H13ClN2O/c17-15-7-11(8-18)1-2-13(15)9-19-6-5-14(10-19)16(20)12-3-4-12/h1-2,5-7,10,12H,3-4,9H2. The van der Waals surface area contributed by atoms with Gasteiger partial charge in [0, 0.05) is 35.4 Å². The highest BCUT2D eigenvalue weighted by atomic mass is 35.5. The summed E-state index contributed by atoms with van der Waals surface area (Å²) in [4.78, 5) is 11.9. The molecule has 4 heteroatoms. The maximum Gasteiger partial charge on any atom is 0.167 e. The van der Waals surface area contributed by atoms with Crippen molar-refractivity contribution in [3.63, 3.8) is 0 Å². The van der Waals surface area contributed by atoms with Gasteiger partial charge in [-0.05, 0) is 36.6 Å². The zero-order valence-electron chi connectivity index (χ0n) is 10.8. The third-order valence-corrected chi connectivity index (χ3v) is 3.87. The van der Waals surface area contributed by atoms with Crippen molar-refractivity contribution in [1.82, 2.24) is 4.57 Å². The minimum atomic E-state index is 0.240. The van der Waals surface area contributed by atoms with Crippen LogP contribution in [-0.4, -0.2) is 10.4 Å². The molecule has 0 amide bonds. The molecule has 0 N–H and O–H groups in total. The number of nitrogens with zero attached hydrogens (tertiary/aromatic N) is 2. The van der Waals surface area contributed by atoms with E-state index in [1.165, 1.54) is 0 Å². The summed E-state index contributed by atoms with van der Waals surface area (Å²) >= 11 is 6.16. The first-order chi connectivity index (χ1) is 9.67. The number of carbonyl (C=O) groups excluding carboxylic acids is 1.